The van der Waals surface area contributed by atoms with Crippen molar-refractivity contribution in [3.63, 3.8) is 0 Å². The van der Waals surface area contributed by atoms with E-state index >= 15 is 0 Å². The lowest BCUT2D eigenvalue weighted by molar-refractivity contribution is -0.150. The number of allylic oxidation sites excluding steroid dienone is 10. The molecule has 0 spiro atoms. The Bertz CT molecular complexity index is 714. The number of hydrogen-bond acceptors (Lipinski definition) is 3. The highest BCUT2D eigenvalue weighted by Gasteiger charge is 2.14. The fraction of sp³-hybridized carbons (Fsp3) is 0.657. The van der Waals surface area contributed by atoms with Crippen molar-refractivity contribution >= 4 is 11.9 Å². The van der Waals surface area contributed by atoms with E-state index in [1.54, 1.807) is 0 Å². The maximum absolute atomic E-state index is 12.4. The Labute approximate surface area is 240 Å². The SMILES string of the molecule is CC/C=C\C/C=C\C/C=C\C/C=C\C/C=C\CCCC(=O)OC(CCCCCCCCCC)CCCC(=O)O. The Kier molecular flexibility index (Phi) is 28.4. The van der Waals surface area contributed by atoms with E-state index in [0.717, 1.165) is 64.2 Å². The summed E-state index contributed by atoms with van der Waals surface area (Å²) in [7, 11) is 0. The van der Waals surface area contributed by atoms with Crippen molar-refractivity contribution in [3.8, 4) is 0 Å². The van der Waals surface area contributed by atoms with Crippen LogP contribution in [-0.4, -0.2) is 23.1 Å². The first-order valence-corrected chi connectivity index (χ1v) is 15.8. The van der Waals surface area contributed by atoms with Crippen molar-refractivity contribution in [2.45, 2.75) is 148 Å². The average molecular weight is 543 g/mol. The number of carbonyl (C=O) groups is 2. The Hall–Kier alpha value is -2.36. The average Bonchev–Trinajstić information content (AvgIpc) is 2.91. The second-order valence-corrected chi connectivity index (χ2v) is 10.3. The monoisotopic (exact) mass is 542 g/mol. The molecule has 0 aromatic carbocycles. The summed E-state index contributed by atoms with van der Waals surface area (Å²) in [6.07, 6.45) is 40.8. The summed E-state index contributed by atoms with van der Waals surface area (Å²) < 4.78 is 5.74. The summed E-state index contributed by atoms with van der Waals surface area (Å²) >= 11 is 0. The number of carboxylic acid groups (broad SMARTS) is 1. The Balaban J connectivity index is 4.00. The van der Waals surface area contributed by atoms with Crippen LogP contribution < -0.4 is 0 Å². The molecule has 39 heavy (non-hydrogen) atoms. The normalized spacial score (nSPS) is 13.1. The van der Waals surface area contributed by atoms with Crippen LogP contribution >= 0.6 is 0 Å². The zero-order valence-corrected chi connectivity index (χ0v) is 25.2. The van der Waals surface area contributed by atoms with E-state index in [1.165, 1.54) is 38.5 Å². The third kappa shape index (κ3) is 30.0. The molecule has 0 aliphatic rings. The number of ether oxygens (including phenoxy) is 1. The van der Waals surface area contributed by atoms with Crippen LogP contribution in [-0.2, 0) is 14.3 Å². The first kappa shape index (κ1) is 36.6. The van der Waals surface area contributed by atoms with Gasteiger partial charge in [0.15, 0.2) is 0 Å². The summed E-state index contributed by atoms with van der Waals surface area (Å²) in [6.45, 7) is 4.38. The number of carboxylic acids is 1. The number of hydrogen-bond donors (Lipinski definition) is 1. The van der Waals surface area contributed by atoms with Gasteiger partial charge in [-0.25, -0.2) is 0 Å². The molecule has 0 aliphatic carbocycles. The molecule has 1 unspecified atom stereocenters. The number of carbonyl (C=O) groups excluding carboxylic acids is 1. The fourth-order valence-electron chi connectivity index (χ4n) is 4.23. The predicted molar refractivity (Wildman–Crippen MR) is 167 cm³/mol. The molecule has 0 saturated heterocycles. The van der Waals surface area contributed by atoms with Crippen molar-refractivity contribution in [2.24, 2.45) is 0 Å². The van der Waals surface area contributed by atoms with Crippen LogP contribution in [0, 0.1) is 0 Å². The molecule has 0 aromatic rings. The first-order valence-electron chi connectivity index (χ1n) is 15.8. The van der Waals surface area contributed by atoms with Gasteiger partial charge in [0.05, 0.1) is 0 Å². The standard InChI is InChI=1S/C35H58O4/c1-3-5-7-9-11-13-14-15-16-17-18-19-20-21-23-25-27-32-35(38)39-33(30-28-31-34(36)37)29-26-24-22-12-10-8-6-4-2/h5,7,11,13,15-16,18-19,21,23,33H,3-4,6,8-10,12,14,17,20,22,24-32H2,1-2H3,(H,36,37)/b7-5-,13-11-,16-15-,19-18-,23-21-. The Morgan fingerprint density at radius 3 is 1.62 bits per heavy atom. The van der Waals surface area contributed by atoms with E-state index in [1.807, 2.05) is 0 Å². The molecule has 0 amide bonds. The fourth-order valence-corrected chi connectivity index (χ4v) is 4.23. The molecule has 0 bridgehead atoms. The number of aliphatic carboxylic acids is 1. The molecule has 0 aromatic heterocycles. The minimum Gasteiger partial charge on any atom is -0.481 e. The van der Waals surface area contributed by atoms with E-state index in [9.17, 15) is 9.59 Å². The zero-order valence-electron chi connectivity index (χ0n) is 25.2. The van der Waals surface area contributed by atoms with E-state index in [2.05, 4.69) is 74.6 Å². The van der Waals surface area contributed by atoms with Crippen LogP contribution in [0.3, 0.4) is 0 Å². The molecule has 1 N–H and O–H groups in total. The molecule has 0 fully saturated rings. The van der Waals surface area contributed by atoms with Gasteiger partial charge in [0.2, 0.25) is 0 Å². The van der Waals surface area contributed by atoms with E-state index < -0.39 is 5.97 Å². The van der Waals surface area contributed by atoms with Gasteiger partial charge in [0.25, 0.3) is 0 Å². The van der Waals surface area contributed by atoms with Crippen LogP contribution in [0.2, 0.25) is 0 Å². The smallest absolute Gasteiger partial charge is 0.306 e. The minimum absolute atomic E-state index is 0.134. The zero-order chi connectivity index (χ0) is 28.7. The van der Waals surface area contributed by atoms with Crippen molar-refractivity contribution < 1.29 is 19.4 Å². The molecule has 0 aliphatic heterocycles. The van der Waals surface area contributed by atoms with Crippen LogP contribution in [0.15, 0.2) is 60.8 Å². The summed E-state index contributed by atoms with van der Waals surface area (Å²) in [5.41, 5.74) is 0. The lowest BCUT2D eigenvalue weighted by Crippen LogP contribution is -2.18. The van der Waals surface area contributed by atoms with E-state index in [4.69, 9.17) is 9.84 Å². The number of esters is 1. The first-order chi connectivity index (χ1) is 19.1. The second kappa shape index (κ2) is 30.2. The van der Waals surface area contributed by atoms with Gasteiger partial charge in [0, 0.05) is 12.8 Å². The lowest BCUT2D eigenvalue weighted by Gasteiger charge is -2.17. The van der Waals surface area contributed by atoms with Gasteiger partial charge in [-0.3, -0.25) is 9.59 Å². The van der Waals surface area contributed by atoms with Gasteiger partial charge in [-0.05, 0) is 70.6 Å². The summed E-state index contributed by atoms with van der Waals surface area (Å²) in [5.74, 6) is -0.938. The van der Waals surface area contributed by atoms with Crippen LogP contribution in [0.1, 0.15) is 142 Å². The topological polar surface area (TPSA) is 63.6 Å². The molecular weight excluding hydrogens is 484 g/mol. The van der Waals surface area contributed by atoms with Crippen molar-refractivity contribution in [2.75, 3.05) is 0 Å². The predicted octanol–water partition coefficient (Wildman–Crippen LogP) is 10.6. The van der Waals surface area contributed by atoms with Gasteiger partial charge in [-0.2, -0.15) is 0 Å². The molecular formula is C35H58O4. The highest BCUT2D eigenvalue weighted by atomic mass is 16.5. The van der Waals surface area contributed by atoms with Crippen molar-refractivity contribution in [1.29, 1.82) is 0 Å². The molecule has 0 radical (unpaired) electrons. The highest BCUT2D eigenvalue weighted by molar-refractivity contribution is 5.69. The summed E-state index contributed by atoms with van der Waals surface area (Å²) in [5, 5.41) is 8.93. The maximum Gasteiger partial charge on any atom is 0.306 e. The van der Waals surface area contributed by atoms with E-state index in [0.29, 0.717) is 19.3 Å². The van der Waals surface area contributed by atoms with Gasteiger partial charge < -0.3 is 9.84 Å². The van der Waals surface area contributed by atoms with Gasteiger partial charge >= 0.3 is 11.9 Å². The lowest BCUT2D eigenvalue weighted by atomic mass is 10.0. The minimum atomic E-state index is -0.788. The third-order valence-corrected chi connectivity index (χ3v) is 6.50. The molecule has 222 valence electrons. The second-order valence-electron chi connectivity index (χ2n) is 10.3. The van der Waals surface area contributed by atoms with Crippen molar-refractivity contribution in [3.05, 3.63) is 60.8 Å². The number of unbranched alkanes of at least 4 members (excludes halogenated alkanes) is 8. The van der Waals surface area contributed by atoms with Crippen molar-refractivity contribution in [1.82, 2.24) is 0 Å². The molecule has 1 atom stereocenters. The Morgan fingerprint density at radius 2 is 1.08 bits per heavy atom. The largest absolute Gasteiger partial charge is 0.481 e. The summed E-state index contributed by atoms with van der Waals surface area (Å²) in [6, 6.07) is 0. The quantitative estimate of drug-likeness (QED) is 0.0637. The number of rotatable bonds is 27. The highest BCUT2D eigenvalue weighted by Crippen LogP contribution is 2.17. The Morgan fingerprint density at radius 1 is 0.590 bits per heavy atom. The molecule has 0 saturated carbocycles. The molecule has 4 heteroatoms. The van der Waals surface area contributed by atoms with Gasteiger partial charge in [-0.1, -0.05) is 120 Å². The molecule has 0 rings (SSSR count). The van der Waals surface area contributed by atoms with Crippen LogP contribution in [0.4, 0.5) is 0 Å². The van der Waals surface area contributed by atoms with Crippen LogP contribution in [0.25, 0.3) is 0 Å². The molecule has 0 heterocycles. The summed E-state index contributed by atoms with van der Waals surface area (Å²) in [4.78, 5) is 23.2. The van der Waals surface area contributed by atoms with Gasteiger partial charge in [0.1, 0.15) is 6.10 Å². The van der Waals surface area contributed by atoms with Gasteiger partial charge in [-0.15, -0.1) is 0 Å². The van der Waals surface area contributed by atoms with Crippen LogP contribution in [0.5, 0.6) is 0 Å². The third-order valence-electron chi connectivity index (χ3n) is 6.50. The maximum atomic E-state index is 12.4. The molecule has 4 nitrogen and oxygen atoms in total. The van der Waals surface area contributed by atoms with E-state index in [-0.39, 0.29) is 18.5 Å².